The van der Waals surface area contributed by atoms with Crippen LogP contribution in [0.5, 0.6) is 5.75 Å². The second-order valence-corrected chi connectivity index (χ2v) is 6.42. The number of nitriles is 1. The molecule has 0 saturated carbocycles. The molecule has 0 saturated heterocycles. The number of pyridine rings is 1. The molecule has 3 heteroatoms. The fourth-order valence-corrected chi connectivity index (χ4v) is 3.34. The van der Waals surface area contributed by atoms with Crippen molar-refractivity contribution in [3.05, 3.63) is 96.2 Å². The Morgan fingerprint density at radius 2 is 1.74 bits per heavy atom. The summed E-state index contributed by atoms with van der Waals surface area (Å²) in [6.45, 7) is 0.782. The van der Waals surface area contributed by atoms with Gasteiger partial charge in [0.1, 0.15) is 5.75 Å². The van der Waals surface area contributed by atoms with Gasteiger partial charge in [0.2, 0.25) is 5.52 Å². The quantitative estimate of drug-likeness (QED) is 0.499. The van der Waals surface area contributed by atoms with Gasteiger partial charge in [-0.1, -0.05) is 42.5 Å². The normalized spacial score (nSPS) is 10.5. The summed E-state index contributed by atoms with van der Waals surface area (Å²) >= 11 is 0. The average Bonchev–Trinajstić information content (AvgIpc) is 2.74. The molecule has 130 valence electrons. The molecule has 4 aromatic rings. The van der Waals surface area contributed by atoms with Gasteiger partial charge in [-0.3, -0.25) is 0 Å². The smallest absolute Gasteiger partial charge is 0.213 e. The molecule has 0 spiro atoms. The highest BCUT2D eigenvalue weighted by atomic mass is 16.5. The Hall–Kier alpha value is -3.64. The lowest BCUT2D eigenvalue weighted by Crippen LogP contribution is -2.34. The van der Waals surface area contributed by atoms with Gasteiger partial charge >= 0.3 is 0 Å². The standard InChI is InChI=1S/C24H19N2O/c1-27-22-12-13-24-20(15-22)6-4-14-26(24)17-18-8-10-19(11-9-18)23-7-3-2-5-21(23)16-25/h2-15H,17H2,1H3/q+1. The third-order valence-electron chi connectivity index (χ3n) is 4.75. The van der Waals surface area contributed by atoms with Gasteiger partial charge in [-0.25, -0.2) is 0 Å². The van der Waals surface area contributed by atoms with Gasteiger partial charge < -0.3 is 4.74 Å². The highest BCUT2D eigenvalue weighted by Gasteiger charge is 2.11. The van der Waals surface area contributed by atoms with Crippen molar-refractivity contribution in [3.63, 3.8) is 0 Å². The molecule has 0 N–H and O–H groups in total. The summed E-state index contributed by atoms with van der Waals surface area (Å²) in [6.07, 6.45) is 2.09. The minimum atomic E-state index is 0.697. The van der Waals surface area contributed by atoms with Crippen LogP contribution in [0, 0.1) is 11.3 Å². The SMILES string of the molecule is COc1ccc2c(ccc[n+]2Cc2ccc(-c3ccccc3C#N)cc2)c1. The van der Waals surface area contributed by atoms with E-state index >= 15 is 0 Å². The predicted molar refractivity (Wildman–Crippen MR) is 106 cm³/mol. The van der Waals surface area contributed by atoms with Crippen LogP contribution in [-0.2, 0) is 6.54 Å². The van der Waals surface area contributed by atoms with Crippen LogP contribution in [0.4, 0.5) is 0 Å². The maximum absolute atomic E-state index is 9.30. The van der Waals surface area contributed by atoms with Crippen molar-refractivity contribution in [1.29, 1.82) is 5.26 Å². The lowest BCUT2D eigenvalue weighted by atomic mass is 9.99. The van der Waals surface area contributed by atoms with Gasteiger partial charge in [-0.05, 0) is 35.4 Å². The Kier molecular flexibility index (Phi) is 4.55. The van der Waals surface area contributed by atoms with Crippen molar-refractivity contribution < 1.29 is 9.30 Å². The number of aromatic nitrogens is 1. The predicted octanol–water partition coefficient (Wildman–Crippen LogP) is 4.72. The van der Waals surface area contributed by atoms with Gasteiger partial charge in [-0.2, -0.15) is 9.83 Å². The molecule has 0 aliphatic carbocycles. The van der Waals surface area contributed by atoms with Crippen LogP contribution >= 0.6 is 0 Å². The zero-order valence-electron chi connectivity index (χ0n) is 15.1. The van der Waals surface area contributed by atoms with Crippen LogP contribution in [-0.4, -0.2) is 7.11 Å². The van der Waals surface area contributed by atoms with Gasteiger partial charge in [0.05, 0.1) is 24.1 Å². The molecule has 0 aliphatic heterocycles. The first-order valence-corrected chi connectivity index (χ1v) is 8.83. The van der Waals surface area contributed by atoms with Crippen LogP contribution in [0.1, 0.15) is 11.1 Å². The monoisotopic (exact) mass is 351 g/mol. The van der Waals surface area contributed by atoms with E-state index in [2.05, 4.69) is 59.3 Å². The fourth-order valence-electron chi connectivity index (χ4n) is 3.34. The van der Waals surface area contributed by atoms with Crippen molar-refractivity contribution in [1.82, 2.24) is 0 Å². The molecule has 0 bridgehead atoms. The van der Waals surface area contributed by atoms with Crippen molar-refractivity contribution >= 4 is 10.9 Å². The molecule has 0 unspecified atom stereocenters. The van der Waals surface area contributed by atoms with Crippen molar-refractivity contribution in [2.75, 3.05) is 7.11 Å². The third-order valence-corrected chi connectivity index (χ3v) is 4.75. The van der Waals surface area contributed by atoms with Gasteiger partial charge in [0, 0.05) is 17.7 Å². The van der Waals surface area contributed by atoms with E-state index in [1.54, 1.807) is 7.11 Å². The molecular weight excluding hydrogens is 332 g/mol. The summed E-state index contributed by atoms with van der Waals surface area (Å²) in [6, 6.07) is 28.6. The number of hydrogen-bond donors (Lipinski definition) is 0. The Balaban J connectivity index is 1.64. The van der Waals surface area contributed by atoms with E-state index in [4.69, 9.17) is 4.74 Å². The molecule has 1 aromatic heterocycles. The molecule has 4 rings (SSSR count). The Morgan fingerprint density at radius 3 is 2.52 bits per heavy atom. The van der Waals surface area contributed by atoms with E-state index in [1.165, 1.54) is 5.56 Å². The second kappa shape index (κ2) is 7.31. The lowest BCUT2D eigenvalue weighted by molar-refractivity contribution is -0.662. The molecule has 0 amide bonds. The summed E-state index contributed by atoms with van der Waals surface area (Å²) in [4.78, 5) is 0. The van der Waals surface area contributed by atoms with E-state index in [0.29, 0.717) is 5.56 Å². The maximum Gasteiger partial charge on any atom is 0.213 e. The zero-order chi connectivity index (χ0) is 18.6. The molecule has 0 aliphatic rings. The first-order chi connectivity index (χ1) is 13.3. The molecule has 1 heterocycles. The molecule has 3 nitrogen and oxygen atoms in total. The van der Waals surface area contributed by atoms with E-state index in [1.807, 2.05) is 36.4 Å². The van der Waals surface area contributed by atoms with Crippen LogP contribution in [0.3, 0.4) is 0 Å². The first kappa shape index (κ1) is 16.8. The largest absolute Gasteiger partial charge is 0.497 e. The molecule has 0 atom stereocenters. The van der Waals surface area contributed by atoms with E-state index in [-0.39, 0.29) is 0 Å². The first-order valence-electron chi connectivity index (χ1n) is 8.83. The average molecular weight is 351 g/mol. The maximum atomic E-state index is 9.30. The molecular formula is C24H19N2O+. The van der Waals surface area contributed by atoms with Crippen LogP contribution in [0.2, 0.25) is 0 Å². The van der Waals surface area contributed by atoms with E-state index < -0.39 is 0 Å². The number of ether oxygens (including phenoxy) is 1. The second-order valence-electron chi connectivity index (χ2n) is 6.42. The van der Waals surface area contributed by atoms with Crippen molar-refractivity contribution in [3.8, 4) is 22.9 Å². The fraction of sp³-hybridized carbons (Fsp3) is 0.0833. The zero-order valence-corrected chi connectivity index (χ0v) is 15.1. The van der Waals surface area contributed by atoms with Crippen LogP contribution in [0.15, 0.2) is 85.1 Å². The highest BCUT2D eigenvalue weighted by Crippen LogP contribution is 2.24. The highest BCUT2D eigenvalue weighted by molar-refractivity contribution is 5.77. The summed E-state index contributed by atoms with van der Waals surface area (Å²) in [5.41, 5.74) is 5.10. The number of fused-ring (bicyclic) bond motifs is 1. The number of rotatable bonds is 4. The Labute approximate surface area is 158 Å². The molecule has 3 aromatic carbocycles. The van der Waals surface area contributed by atoms with Gasteiger partial charge in [-0.15, -0.1) is 0 Å². The number of nitrogens with zero attached hydrogens (tertiary/aromatic N) is 2. The van der Waals surface area contributed by atoms with E-state index in [0.717, 1.165) is 34.3 Å². The Morgan fingerprint density at radius 1 is 0.926 bits per heavy atom. The van der Waals surface area contributed by atoms with Crippen molar-refractivity contribution in [2.45, 2.75) is 6.54 Å². The van der Waals surface area contributed by atoms with Crippen LogP contribution < -0.4 is 9.30 Å². The summed E-state index contributed by atoms with van der Waals surface area (Å²) in [7, 11) is 1.68. The van der Waals surface area contributed by atoms with Crippen molar-refractivity contribution in [2.24, 2.45) is 0 Å². The van der Waals surface area contributed by atoms with Gasteiger partial charge in [0.15, 0.2) is 12.7 Å². The minimum Gasteiger partial charge on any atom is -0.497 e. The lowest BCUT2D eigenvalue weighted by Gasteiger charge is -2.06. The molecule has 0 radical (unpaired) electrons. The number of benzene rings is 3. The molecule has 0 fully saturated rings. The van der Waals surface area contributed by atoms with Crippen LogP contribution in [0.25, 0.3) is 22.0 Å². The summed E-state index contributed by atoms with van der Waals surface area (Å²) in [5.74, 6) is 0.862. The number of hydrogen-bond acceptors (Lipinski definition) is 2. The third kappa shape index (κ3) is 3.38. The molecule has 27 heavy (non-hydrogen) atoms. The van der Waals surface area contributed by atoms with Gasteiger partial charge in [0.25, 0.3) is 0 Å². The van der Waals surface area contributed by atoms with E-state index in [9.17, 15) is 5.26 Å². The Bertz CT molecular complexity index is 1140. The minimum absolute atomic E-state index is 0.697. The topological polar surface area (TPSA) is 36.9 Å². The summed E-state index contributed by atoms with van der Waals surface area (Å²) < 4.78 is 7.55. The number of methoxy groups -OCH3 is 1. The summed E-state index contributed by atoms with van der Waals surface area (Å²) in [5, 5.41) is 10.5.